The van der Waals surface area contributed by atoms with Crippen molar-refractivity contribution in [2.24, 2.45) is 11.3 Å². The Kier molecular flexibility index (Phi) is 7.74. The van der Waals surface area contributed by atoms with Gasteiger partial charge in [-0.2, -0.15) is 0 Å². The largest absolute Gasteiger partial charge is 0.494 e. The Morgan fingerprint density at radius 2 is 1.86 bits per heavy atom. The molecule has 0 spiro atoms. The van der Waals surface area contributed by atoms with Crippen molar-refractivity contribution in [3.8, 4) is 5.75 Å². The van der Waals surface area contributed by atoms with Crippen molar-refractivity contribution in [3.05, 3.63) is 29.8 Å². The van der Waals surface area contributed by atoms with E-state index in [4.69, 9.17) is 9.47 Å². The predicted molar refractivity (Wildman–Crippen MR) is 112 cm³/mol. The first-order valence-electron chi connectivity index (χ1n) is 10.9. The summed E-state index contributed by atoms with van der Waals surface area (Å²) in [4.78, 5) is 15.4. The highest BCUT2D eigenvalue weighted by atomic mass is 16.5. The summed E-state index contributed by atoms with van der Waals surface area (Å²) in [6, 6.07) is 8.48. The lowest BCUT2D eigenvalue weighted by Gasteiger charge is -2.42. The van der Waals surface area contributed by atoms with Crippen LogP contribution in [0.1, 0.15) is 44.6 Å². The minimum absolute atomic E-state index is 0.310. The molecule has 5 nitrogen and oxygen atoms in total. The number of hydrogen-bond donors (Lipinski definition) is 1. The van der Waals surface area contributed by atoms with Gasteiger partial charge in [0.05, 0.1) is 18.6 Å². The van der Waals surface area contributed by atoms with Crippen LogP contribution in [0.25, 0.3) is 0 Å². The van der Waals surface area contributed by atoms with E-state index in [9.17, 15) is 4.79 Å². The molecule has 1 amide bonds. The minimum atomic E-state index is -0.310. The summed E-state index contributed by atoms with van der Waals surface area (Å²) in [5.41, 5.74) is 1.06. The van der Waals surface area contributed by atoms with E-state index >= 15 is 0 Å². The average molecular weight is 389 g/mol. The monoisotopic (exact) mass is 388 g/mol. The Bertz CT molecular complexity index is 597. The van der Waals surface area contributed by atoms with Gasteiger partial charge >= 0.3 is 0 Å². The number of aryl methyl sites for hydroxylation is 1. The number of nitrogens with zero attached hydrogens (tertiary/aromatic N) is 1. The number of ether oxygens (including phenoxy) is 2. The Morgan fingerprint density at radius 1 is 1.18 bits per heavy atom. The number of benzene rings is 1. The third-order valence-electron chi connectivity index (χ3n) is 6.41. The van der Waals surface area contributed by atoms with Crippen LogP contribution >= 0.6 is 0 Å². The summed E-state index contributed by atoms with van der Waals surface area (Å²) in [7, 11) is 1.71. The number of carbonyl (C=O) groups excluding carboxylic acids is 1. The molecule has 28 heavy (non-hydrogen) atoms. The molecule has 2 aliphatic heterocycles. The first kappa shape index (κ1) is 21.1. The molecule has 3 rings (SSSR count). The number of nitrogens with one attached hydrogen (secondary N) is 1. The number of amides is 1. The van der Waals surface area contributed by atoms with E-state index in [1.54, 1.807) is 7.11 Å². The van der Waals surface area contributed by atoms with Crippen LogP contribution in [0.5, 0.6) is 5.75 Å². The maximum atomic E-state index is 13.2. The van der Waals surface area contributed by atoms with E-state index in [1.807, 2.05) is 6.92 Å². The molecule has 2 heterocycles. The molecular formula is C23H36N2O3. The van der Waals surface area contributed by atoms with Gasteiger partial charge in [0.15, 0.2) is 0 Å². The number of piperidine rings is 2. The van der Waals surface area contributed by atoms with Gasteiger partial charge in [-0.1, -0.05) is 12.1 Å². The van der Waals surface area contributed by atoms with Crippen molar-refractivity contribution >= 4 is 5.91 Å². The molecule has 2 fully saturated rings. The molecular weight excluding hydrogens is 352 g/mol. The molecule has 5 heteroatoms. The SMILES string of the molecule is CCOc1ccc(CCC2CCN(C(=O)C3(COC)CCNCC3)CC2)cc1. The van der Waals surface area contributed by atoms with Gasteiger partial charge in [0.2, 0.25) is 5.91 Å². The fraction of sp³-hybridized carbons (Fsp3) is 0.696. The maximum absolute atomic E-state index is 13.2. The quantitative estimate of drug-likeness (QED) is 0.743. The molecule has 2 aliphatic rings. The third-order valence-corrected chi connectivity index (χ3v) is 6.41. The van der Waals surface area contributed by atoms with Crippen molar-refractivity contribution in [2.75, 3.05) is 46.5 Å². The van der Waals surface area contributed by atoms with Crippen LogP contribution in [-0.4, -0.2) is 57.3 Å². The smallest absolute Gasteiger partial charge is 0.231 e. The van der Waals surface area contributed by atoms with Gasteiger partial charge in [0.1, 0.15) is 5.75 Å². The zero-order chi connectivity index (χ0) is 19.8. The fourth-order valence-corrected chi connectivity index (χ4v) is 4.65. The minimum Gasteiger partial charge on any atom is -0.494 e. The molecule has 156 valence electrons. The van der Waals surface area contributed by atoms with Gasteiger partial charge in [-0.25, -0.2) is 0 Å². The van der Waals surface area contributed by atoms with Crippen molar-refractivity contribution < 1.29 is 14.3 Å². The summed E-state index contributed by atoms with van der Waals surface area (Å²) in [5.74, 6) is 1.98. The van der Waals surface area contributed by atoms with Crippen LogP contribution in [0.3, 0.4) is 0 Å². The van der Waals surface area contributed by atoms with E-state index < -0.39 is 0 Å². The number of rotatable bonds is 8. The fourth-order valence-electron chi connectivity index (χ4n) is 4.65. The van der Waals surface area contributed by atoms with Gasteiger partial charge in [-0.3, -0.25) is 4.79 Å². The van der Waals surface area contributed by atoms with E-state index in [1.165, 1.54) is 12.0 Å². The summed E-state index contributed by atoms with van der Waals surface area (Å²) in [6.07, 6.45) is 6.30. The molecule has 1 aromatic carbocycles. The highest BCUT2D eigenvalue weighted by molar-refractivity contribution is 5.83. The zero-order valence-corrected chi connectivity index (χ0v) is 17.5. The summed E-state index contributed by atoms with van der Waals surface area (Å²) in [6.45, 7) is 6.87. The van der Waals surface area contributed by atoms with Crippen molar-refractivity contribution in [1.29, 1.82) is 0 Å². The third kappa shape index (κ3) is 5.26. The molecule has 0 aromatic heterocycles. The molecule has 0 saturated carbocycles. The molecule has 1 N–H and O–H groups in total. The van der Waals surface area contributed by atoms with Crippen molar-refractivity contribution in [1.82, 2.24) is 10.2 Å². The van der Waals surface area contributed by atoms with E-state index in [0.717, 1.165) is 64.0 Å². The first-order chi connectivity index (χ1) is 13.7. The van der Waals surface area contributed by atoms with Gasteiger partial charge in [0, 0.05) is 20.2 Å². The van der Waals surface area contributed by atoms with Gasteiger partial charge in [0.25, 0.3) is 0 Å². The molecule has 2 saturated heterocycles. The number of carbonyl (C=O) groups is 1. The molecule has 0 unspecified atom stereocenters. The van der Waals surface area contributed by atoms with Crippen molar-refractivity contribution in [2.45, 2.75) is 45.4 Å². The van der Waals surface area contributed by atoms with Crippen LogP contribution < -0.4 is 10.1 Å². The second-order valence-corrected chi connectivity index (χ2v) is 8.31. The molecule has 1 aromatic rings. The second-order valence-electron chi connectivity index (χ2n) is 8.31. The molecule has 0 aliphatic carbocycles. The molecule has 0 atom stereocenters. The average Bonchev–Trinajstić information content (AvgIpc) is 2.74. The van der Waals surface area contributed by atoms with E-state index in [-0.39, 0.29) is 5.41 Å². The standard InChI is InChI=1S/C23H36N2O3/c1-3-28-21-8-6-19(7-9-21)4-5-20-10-16-25(17-11-20)22(26)23(18-27-2)12-14-24-15-13-23/h6-9,20,24H,3-5,10-18H2,1-2H3. The van der Waals surface area contributed by atoms with Crippen LogP contribution in [0.2, 0.25) is 0 Å². The van der Waals surface area contributed by atoms with Crippen LogP contribution in [0, 0.1) is 11.3 Å². The Hall–Kier alpha value is -1.59. The molecule has 0 radical (unpaired) electrons. The Balaban J connectivity index is 1.46. The van der Waals surface area contributed by atoms with Gasteiger partial charge in [-0.15, -0.1) is 0 Å². The van der Waals surface area contributed by atoms with Gasteiger partial charge < -0.3 is 19.7 Å². The number of methoxy groups -OCH3 is 1. The Morgan fingerprint density at radius 3 is 2.46 bits per heavy atom. The predicted octanol–water partition coefficient (Wildman–Crippen LogP) is 3.27. The number of likely N-dealkylation sites (tertiary alicyclic amines) is 1. The number of hydrogen-bond acceptors (Lipinski definition) is 4. The normalized spacial score (nSPS) is 20.1. The van der Waals surface area contributed by atoms with E-state index in [0.29, 0.717) is 25.0 Å². The lowest BCUT2D eigenvalue weighted by atomic mass is 9.77. The topological polar surface area (TPSA) is 50.8 Å². The summed E-state index contributed by atoms with van der Waals surface area (Å²) in [5, 5.41) is 3.37. The lowest BCUT2D eigenvalue weighted by Crippen LogP contribution is -2.53. The summed E-state index contributed by atoms with van der Waals surface area (Å²) >= 11 is 0. The first-order valence-corrected chi connectivity index (χ1v) is 10.9. The highest BCUT2D eigenvalue weighted by Crippen LogP contribution is 2.34. The lowest BCUT2D eigenvalue weighted by molar-refractivity contribution is -0.149. The van der Waals surface area contributed by atoms with Crippen molar-refractivity contribution in [3.63, 3.8) is 0 Å². The van der Waals surface area contributed by atoms with Crippen LogP contribution in [-0.2, 0) is 16.0 Å². The zero-order valence-electron chi connectivity index (χ0n) is 17.5. The molecule has 0 bridgehead atoms. The van der Waals surface area contributed by atoms with Gasteiger partial charge in [-0.05, 0) is 82.2 Å². The maximum Gasteiger partial charge on any atom is 0.231 e. The van der Waals surface area contributed by atoms with Crippen LogP contribution in [0.4, 0.5) is 0 Å². The highest BCUT2D eigenvalue weighted by Gasteiger charge is 2.42. The summed E-state index contributed by atoms with van der Waals surface area (Å²) < 4.78 is 11.0. The Labute approximate surface area is 169 Å². The van der Waals surface area contributed by atoms with E-state index in [2.05, 4.69) is 34.5 Å². The van der Waals surface area contributed by atoms with Crippen LogP contribution in [0.15, 0.2) is 24.3 Å². The second kappa shape index (κ2) is 10.3.